The van der Waals surface area contributed by atoms with Crippen LogP contribution < -0.4 is 5.32 Å². The molecule has 3 unspecified atom stereocenters. The van der Waals surface area contributed by atoms with E-state index in [4.69, 9.17) is 4.74 Å². The molecule has 20 heavy (non-hydrogen) atoms. The molecule has 0 amide bonds. The number of hydrogen-bond acceptors (Lipinski definition) is 2. The van der Waals surface area contributed by atoms with Crippen LogP contribution in [0.5, 0.6) is 0 Å². The van der Waals surface area contributed by atoms with E-state index in [9.17, 15) is 0 Å². The van der Waals surface area contributed by atoms with Gasteiger partial charge in [0.15, 0.2) is 0 Å². The maximum atomic E-state index is 5.96. The number of ether oxygens (including phenoxy) is 1. The molecule has 1 aromatic rings. The molecule has 2 heteroatoms. The normalized spacial score (nSPS) is 33.7. The summed E-state index contributed by atoms with van der Waals surface area (Å²) in [7, 11) is 0. The first kappa shape index (κ1) is 14.1. The zero-order valence-corrected chi connectivity index (χ0v) is 12.8. The smallest absolute Gasteiger partial charge is 0.0666 e. The number of rotatable bonds is 3. The third-order valence-electron chi connectivity index (χ3n) is 5.15. The monoisotopic (exact) mass is 273 g/mol. The van der Waals surface area contributed by atoms with Crippen molar-refractivity contribution in [3.8, 4) is 0 Å². The molecule has 1 fully saturated rings. The topological polar surface area (TPSA) is 21.3 Å². The zero-order valence-electron chi connectivity index (χ0n) is 12.8. The minimum atomic E-state index is 0.0735. The number of fused-ring (bicyclic) bond motifs is 1. The highest BCUT2D eigenvalue weighted by atomic mass is 16.5. The van der Waals surface area contributed by atoms with E-state index in [2.05, 4.69) is 43.4 Å². The summed E-state index contributed by atoms with van der Waals surface area (Å²) >= 11 is 0. The second-order valence-electron chi connectivity index (χ2n) is 6.65. The molecule has 1 N–H and O–H groups in total. The van der Waals surface area contributed by atoms with E-state index in [1.165, 1.54) is 24.8 Å². The summed E-state index contributed by atoms with van der Waals surface area (Å²) in [4.78, 5) is 0. The summed E-state index contributed by atoms with van der Waals surface area (Å²) < 4.78 is 5.96. The Morgan fingerprint density at radius 2 is 2.15 bits per heavy atom. The van der Waals surface area contributed by atoms with E-state index in [-0.39, 0.29) is 5.60 Å². The van der Waals surface area contributed by atoms with E-state index in [0.29, 0.717) is 12.1 Å². The van der Waals surface area contributed by atoms with Crippen LogP contribution in [-0.4, -0.2) is 18.2 Å². The van der Waals surface area contributed by atoms with Gasteiger partial charge < -0.3 is 10.1 Å². The summed E-state index contributed by atoms with van der Waals surface area (Å²) in [5.74, 6) is 0. The molecule has 1 heterocycles. The molecule has 3 atom stereocenters. The van der Waals surface area contributed by atoms with Crippen LogP contribution in [-0.2, 0) is 11.2 Å². The average Bonchev–Trinajstić information content (AvgIpc) is 2.48. The van der Waals surface area contributed by atoms with Crippen LogP contribution in [0.25, 0.3) is 0 Å². The molecule has 1 aromatic carbocycles. The first-order valence-electron chi connectivity index (χ1n) is 8.18. The minimum absolute atomic E-state index is 0.0735. The molecule has 1 aliphatic carbocycles. The minimum Gasteiger partial charge on any atom is -0.375 e. The predicted octanol–water partition coefficient (Wildman–Crippen LogP) is 4.00. The summed E-state index contributed by atoms with van der Waals surface area (Å²) in [5, 5.41) is 3.92. The van der Waals surface area contributed by atoms with Crippen LogP contribution in [0, 0.1) is 0 Å². The first-order valence-corrected chi connectivity index (χ1v) is 8.18. The zero-order chi connectivity index (χ0) is 14.0. The molecular weight excluding hydrogens is 246 g/mol. The van der Waals surface area contributed by atoms with Crippen LogP contribution >= 0.6 is 0 Å². The van der Waals surface area contributed by atoms with Gasteiger partial charge in [0.2, 0.25) is 0 Å². The Bertz CT molecular complexity index is 458. The molecule has 2 aliphatic rings. The number of hydrogen-bond donors (Lipinski definition) is 1. The molecule has 1 saturated heterocycles. The van der Waals surface area contributed by atoms with Gasteiger partial charge in [0.25, 0.3) is 0 Å². The quantitative estimate of drug-likeness (QED) is 0.898. The first-order chi connectivity index (χ1) is 9.70. The summed E-state index contributed by atoms with van der Waals surface area (Å²) in [5.41, 5.74) is 3.15. The summed E-state index contributed by atoms with van der Waals surface area (Å²) in [6, 6.07) is 10.1. The van der Waals surface area contributed by atoms with Gasteiger partial charge in [0.05, 0.1) is 5.60 Å². The molecule has 3 rings (SSSR count). The van der Waals surface area contributed by atoms with Crippen LogP contribution in [0.3, 0.4) is 0 Å². The van der Waals surface area contributed by atoms with Crippen LogP contribution in [0.2, 0.25) is 0 Å². The molecular formula is C18H27NO. The van der Waals surface area contributed by atoms with Crippen molar-refractivity contribution in [1.29, 1.82) is 0 Å². The largest absolute Gasteiger partial charge is 0.375 e. The van der Waals surface area contributed by atoms with E-state index in [1.807, 2.05) is 0 Å². The van der Waals surface area contributed by atoms with Gasteiger partial charge in [-0.1, -0.05) is 31.2 Å². The van der Waals surface area contributed by atoms with E-state index in [0.717, 1.165) is 25.9 Å². The SMILES string of the molecule is CCC1(C)CC(NC2CCCc3ccccc32)CCO1. The molecule has 0 radical (unpaired) electrons. The van der Waals surface area contributed by atoms with Gasteiger partial charge in [0.1, 0.15) is 0 Å². The summed E-state index contributed by atoms with van der Waals surface area (Å²) in [6.07, 6.45) is 7.22. The molecule has 0 bridgehead atoms. The van der Waals surface area contributed by atoms with Crippen LogP contribution in [0.15, 0.2) is 24.3 Å². The van der Waals surface area contributed by atoms with Gasteiger partial charge >= 0.3 is 0 Å². The van der Waals surface area contributed by atoms with Crippen molar-refractivity contribution in [3.05, 3.63) is 35.4 Å². The fraction of sp³-hybridized carbons (Fsp3) is 0.667. The van der Waals surface area contributed by atoms with Gasteiger partial charge in [-0.2, -0.15) is 0 Å². The third kappa shape index (κ3) is 2.91. The lowest BCUT2D eigenvalue weighted by molar-refractivity contribution is -0.0793. The van der Waals surface area contributed by atoms with Gasteiger partial charge in [-0.15, -0.1) is 0 Å². The highest BCUT2D eigenvalue weighted by Gasteiger charge is 2.33. The number of aryl methyl sites for hydroxylation is 1. The van der Waals surface area contributed by atoms with Gasteiger partial charge in [0, 0.05) is 18.7 Å². The Morgan fingerprint density at radius 3 is 3.00 bits per heavy atom. The molecule has 0 aromatic heterocycles. The molecule has 0 spiro atoms. The molecule has 1 aliphatic heterocycles. The van der Waals surface area contributed by atoms with Crippen molar-refractivity contribution < 1.29 is 4.74 Å². The van der Waals surface area contributed by atoms with Crippen molar-refractivity contribution in [2.24, 2.45) is 0 Å². The number of benzene rings is 1. The second kappa shape index (κ2) is 5.87. The van der Waals surface area contributed by atoms with Crippen molar-refractivity contribution in [3.63, 3.8) is 0 Å². The standard InChI is InChI=1S/C18H27NO/c1-3-18(2)13-15(11-12-20-18)19-17-10-6-8-14-7-4-5-9-16(14)17/h4-5,7,9,15,17,19H,3,6,8,10-13H2,1-2H3. The van der Waals surface area contributed by atoms with Gasteiger partial charge in [-0.25, -0.2) is 0 Å². The molecule has 0 saturated carbocycles. The van der Waals surface area contributed by atoms with Crippen LogP contribution in [0.4, 0.5) is 0 Å². The molecule has 110 valence electrons. The Balaban J connectivity index is 1.70. The fourth-order valence-electron chi connectivity index (χ4n) is 3.73. The second-order valence-corrected chi connectivity index (χ2v) is 6.65. The predicted molar refractivity (Wildman–Crippen MR) is 82.9 cm³/mol. The van der Waals surface area contributed by atoms with Crippen molar-refractivity contribution in [1.82, 2.24) is 5.32 Å². The lowest BCUT2D eigenvalue weighted by atomic mass is 9.85. The average molecular weight is 273 g/mol. The Morgan fingerprint density at radius 1 is 1.30 bits per heavy atom. The van der Waals surface area contributed by atoms with Gasteiger partial charge in [-0.05, 0) is 56.6 Å². The highest BCUT2D eigenvalue weighted by Crippen LogP contribution is 2.33. The highest BCUT2D eigenvalue weighted by molar-refractivity contribution is 5.32. The Hall–Kier alpha value is -0.860. The van der Waals surface area contributed by atoms with Crippen molar-refractivity contribution >= 4 is 0 Å². The van der Waals surface area contributed by atoms with E-state index in [1.54, 1.807) is 5.56 Å². The Kier molecular flexibility index (Phi) is 4.13. The van der Waals surface area contributed by atoms with E-state index < -0.39 is 0 Å². The maximum absolute atomic E-state index is 5.96. The lowest BCUT2D eigenvalue weighted by Gasteiger charge is -2.40. The van der Waals surface area contributed by atoms with Crippen LogP contribution in [0.1, 0.15) is 63.1 Å². The van der Waals surface area contributed by atoms with Gasteiger partial charge in [-0.3, -0.25) is 0 Å². The Labute approximate surface area is 122 Å². The molecule has 2 nitrogen and oxygen atoms in total. The van der Waals surface area contributed by atoms with E-state index >= 15 is 0 Å². The lowest BCUT2D eigenvalue weighted by Crippen LogP contribution is -2.46. The number of nitrogens with one attached hydrogen (secondary N) is 1. The van der Waals surface area contributed by atoms with Crippen molar-refractivity contribution in [2.45, 2.75) is 70.1 Å². The fourth-order valence-corrected chi connectivity index (χ4v) is 3.73. The van der Waals surface area contributed by atoms with Crippen molar-refractivity contribution in [2.75, 3.05) is 6.61 Å². The third-order valence-corrected chi connectivity index (χ3v) is 5.15. The summed E-state index contributed by atoms with van der Waals surface area (Å²) in [6.45, 7) is 5.39. The maximum Gasteiger partial charge on any atom is 0.0666 e.